The summed E-state index contributed by atoms with van der Waals surface area (Å²) in [6.07, 6.45) is -0.496. The first kappa shape index (κ1) is 17.5. The number of benzene rings is 2. The minimum atomic E-state index is -4.39. The summed E-state index contributed by atoms with van der Waals surface area (Å²) < 4.78 is 38.1. The van der Waals surface area contributed by atoms with Crippen LogP contribution in [0.1, 0.15) is 22.3 Å². The van der Waals surface area contributed by atoms with Crippen molar-refractivity contribution in [2.75, 3.05) is 0 Å². The zero-order chi connectivity index (χ0) is 17.7. The molecule has 2 aromatic rings. The predicted octanol–water partition coefficient (Wildman–Crippen LogP) is 5.09. The topological polar surface area (TPSA) is 37.3 Å². The lowest BCUT2D eigenvalue weighted by atomic mass is 9.96. The minimum absolute atomic E-state index is 0.571. The van der Waals surface area contributed by atoms with E-state index >= 15 is 0 Å². The number of carboxylic acid groups (broad SMARTS) is 1. The van der Waals surface area contributed by atoms with Crippen LogP contribution in [0.2, 0.25) is 0 Å². The molecule has 2 rings (SSSR count). The maximum absolute atomic E-state index is 12.7. The van der Waals surface area contributed by atoms with Gasteiger partial charge in [0.15, 0.2) is 0 Å². The van der Waals surface area contributed by atoms with Crippen molar-refractivity contribution in [1.82, 2.24) is 0 Å². The Kier molecular flexibility index (Phi) is 5.24. The highest BCUT2D eigenvalue weighted by molar-refractivity contribution is 5.84. The van der Waals surface area contributed by atoms with E-state index in [4.69, 9.17) is 5.11 Å². The molecule has 0 aliphatic carbocycles. The molecule has 0 saturated heterocycles. The monoisotopic (exact) mass is 332 g/mol. The zero-order valence-corrected chi connectivity index (χ0v) is 12.8. The zero-order valence-electron chi connectivity index (χ0n) is 12.8. The van der Waals surface area contributed by atoms with Crippen molar-refractivity contribution in [3.05, 3.63) is 89.0 Å². The molecule has 0 amide bonds. The second kappa shape index (κ2) is 7.17. The molecule has 24 heavy (non-hydrogen) atoms. The number of carboxylic acids is 1. The summed E-state index contributed by atoms with van der Waals surface area (Å²) >= 11 is 0. The van der Waals surface area contributed by atoms with Gasteiger partial charge in [0, 0.05) is 6.08 Å². The van der Waals surface area contributed by atoms with E-state index in [0.717, 1.165) is 29.3 Å². The predicted molar refractivity (Wildman–Crippen MR) is 86.5 cm³/mol. The molecule has 0 atom stereocenters. The molecule has 0 aliphatic heterocycles. The third kappa shape index (κ3) is 4.59. The van der Waals surface area contributed by atoms with E-state index in [2.05, 4.69) is 0 Å². The summed E-state index contributed by atoms with van der Waals surface area (Å²) in [6, 6.07) is 12.2. The van der Waals surface area contributed by atoms with Gasteiger partial charge in [0.2, 0.25) is 0 Å². The second-order valence-corrected chi connectivity index (χ2v) is 5.22. The number of aryl methyl sites for hydroxylation is 1. The van der Waals surface area contributed by atoms with Crippen LogP contribution in [0.25, 0.3) is 5.57 Å². The number of rotatable bonds is 4. The van der Waals surface area contributed by atoms with Crippen molar-refractivity contribution in [2.24, 2.45) is 0 Å². The number of allylic oxidation sites excluding steroid dienone is 2. The first-order valence-electron chi connectivity index (χ1n) is 7.13. The molecule has 2 aromatic carbocycles. The van der Waals surface area contributed by atoms with Crippen molar-refractivity contribution in [1.29, 1.82) is 0 Å². The largest absolute Gasteiger partial charge is 0.478 e. The Balaban J connectivity index is 2.46. The van der Waals surface area contributed by atoms with Gasteiger partial charge in [-0.15, -0.1) is 0 Å². The fourth-order valence-electron chi connectivity index (χ4n) is 2.16. The molecule has 0 bridgehead atoms. The molecule has 124 valence electrons. The summed E-state index contributed by atoms with van der Waals surface area (Å²) in [5, 5.41) is 8.69. The van der Waals surface area contributed by atoms with Gasteiger partial charge in [0.05, 0.1) is 5.56 Å². The van der Waals surface area contributed by atoms with Crippen LogP contribution in [0.3, 0.4) is 0 Å². The first-order valence-corrected chi connectivity index (χ1v) is 7.13. The molecular formula is C19H15F3O2. The summed E-state index contributed by atoms with van der Waals surface area (Å²) in [6.45, 7) is 1.93. The van der Waals surface area contributed by atoms with Crippen LogP contribution in [0.4, 0.5) is 13.2 Å². The molecule has 0 unspecified atom stereocenters. The Morgan fingerprint density at radius 3 is 1.92 bits per heavy atom. The standard InChI is InChI=1S/C19H15F3O2/c1-13-5-7-14(8-6-13)17(3-2-4-18(23)24)15-9-11-16(12-10-15)19(20,21)22/h2-12H,1H3,(H,23,24)/b4-2+,17-3+. The van der Waals surface area contributed by atoms with E-state index in [9.17, 15) is 18.0 Å². The molecule has 1 N–H and O–H groups in total. The van der Waals surface area contributed by atoms with E-state index in [1.165, 1.54) is 18.2 Å². The van der Waals surface area contributed by atoms with E-state index < -0.39 is 17.7 Å². The fourth-order valence-corrected chi connectivity index (χ4v) is 2.16. The van der Waals surface area contributed by atoms with Gasteiger partial charge in [-0.2, -0.15) is 13.2 Å². The Morgan fingerprint density at radius 2 is 1.46 bits per heavy atom. The highest BCUT2D eigenvalue weighted by Crippen LogP contribution is 2.31. The van der Waals surface area contributed by atoms with Crippen LogP contribution in [0.5, 0.6) is 0 Å². The lowest BCUT2D eigenvalue weighted by molar-refractivity contribution is -0.137. The number of carbonyl (C=O) groups is 1. The van der Waals surface area contributed by atoms with Gasteiger partial charge in [0.1, 0.15) is 0 Å². The van der Waals surface area contributed by atoms with Crippen LogP contribution in [0.15, 0.2) is 66.8 Å². The SMILES string of the molecule is Cc1ccc(/C(=C\C=C\C(=O)O)c2ccc(C(F)(F)F)cc2)cc1. The van der Waals surface area contributed by atoms with Crippen molar-refractivity contribution in [3.63, 3.8) is 0 Å². The first-order chi connectivity index (χ1) is 11.3. The lowest BCUT2D eigenvalue weighted by Crippen LogP contribution is -2.04. The lowest BCUT2D eigenvalue weighted by Gasteiger charge is -2.11. The maximum Gasteiger partial charge on any atom is 0.416 e. The van der Waals surface area contributed by atoms with E-state index in [0.29, 0.717) is 11.1 Å². The van der Waals surface area contributed by atoms with Crippen LogP contribution in [0, 0.1) is 6.92 Å². The molecule has 0 aromatic heterocycles. The summed E-state index contributed by atoms with van der Waals surface area (Å²) in [5.41, 5.74) is 2.32. The van der Waals surface area contributed by atoms with Crippen molar-refractivity contribution < 1.29 is 23.1 Å². The molecular weight excluding hydrogens is 317 g/mol. The van der Waals surface area contributed by atoms with Gasteiger partial charge in [0.25, 0.3) is 0 Å². The summed E-state index contributed by atoms with van der Waals surface area (Å²) in [7, 11) is 0. The third-order valence-electron chi connectivity index (χ3n) is 3.39. The van der Waals surface area contributed by atoms with Gasteiger partial charge in [-0.3, -0.25) is 0 Å². The fraction of sp³-hybridized carbons (Fsp3) is 0.105. The smallest absolute Gasteiger partial charge is 0.416 e. The van der Waals surface area contributed by atoms with Gasteiger partial charge in [-0.25, -0.2) is 4.79 Å². The second-order valence-electron chi connectivity index (χ2n) is 5.22. The molecule has 2 nitrogen and oxygen atoms in total. The number of hydrogen-bond acceptors (Lipinski definition) is 1. The highest BCUT2D eigenvalue weighted by atomic mass is 19.4. The van der Waals surface area contributed by atoms with Crippen LogP contribution in [-0.4, -0.2) is 11.1 Å². The van der Waals surface area contributed by atoms with Crippen LogP contribution >= 0.6 is 0 Å². The van der Waals surface area contributed by atoms with E-state index in [1.807, 2.05) is 31.2 Å². The number of halogens is 3. The molecule has 5 heteroatoms. The highest BCUT2D eigenvalue weighted by Gasteiger charge is 2.30. The van der Waals surface area contributed by atoms with E-state index in [-0.39, 0.29) is 0 Å². The van der Waals surface area contributed by atoms with Crippen LogP contribution < -0.4 is 0 Å². The molecule has 0 fully saturated rings. The molecule has 0 radical (unpaired) electrons. The van der Waals surface area contributed by atoms with Gasteiger partial charge < -0.3 is 5.11 Å². The van der Waals surface area contributed by atoms with E-state index in [1.54, 1.807) is 6.08 Å². The van der Waals surface area contributed by atoms with Gasteiger partial charge >= 0.3 is 12.1 Å². The average molecular weight is 332 g/mol. The van der Waals surface area contributed by atoms with Crippen LogP contribution in [-0.2, 0) is 11.0 Å². The third-order valence-corrected chi connectivity index (χ3v) is 3.39. The maximum atomic E-state index is 12.7. The number of aliphatic carboxylic acids is 1. The number of alkyl halides is 3. The summed E-state index contributed by atoms with van der Waals surface area (Å²) in [5.74, 6) is -1.10. The molecule has 0 spiro atoms. The normalized spacial score (nSPS) is 12.6. The minimum Gasteiger partial charge on any atom is -0.478 e. The quantitative estimate of drug-likeness (QED) is 0.626. The van der Waals surface area contributed by atoms with Crippen molar-refractivity contribution in [2.45, 2.75) is 13.1 Å². The van der Waals surface area contributed by atoms with Crippen molar-refractivity contribution in [3.8, 4) is 0 Å². The molecule has 0 saturated carbocycles. The summed E-state index contributed by atoms with van der Waals surface area (Å²) in [4.78, 5) is 10.6. The Bertz CT molecular complexity index is 768. The Hall–Kier alpha value is -2.82. The molecule has 0 aliphatic rings. The Morgan fingerprint density at radius 1 is 0.958 bits per heavy atom. The van der Waals surface area contributed by atoms with Crippen molar-refractivity contribution >= 4 is 11.5 Å². The molecule has 0 heterocycles. The Labute approximate surface area is 137 Å². The average Bonchev–Trinajstić information content (AvgIpc) is 2.52. The van der Waals surface area contributed by atoms with Gasteiger partial charge in [-0.1, -0.05) is 54.1 Å². The number of hydrogen-bond donors (Lipinski definition) is 1. The van der Waals surface area contributed by atoms with Gasteiger partial charge in [-0.05, 0) is 35.8 Å².